The van der Waals surface area contributed by atoms with Crippen LogP contribution in [-0.4, -0.2) is 29.3 Å². The lowest BCUT2D eigenvalue weighted by Gasteiger charge is -2.23. The highest BCUT2D eigenvalue weighted by atomic mass is 35.5. The zero-order valence-corrected chi connectivity index (χ0v) is 15.9. The third-order valence-electron chi connectivity index (χ3n) is 5.52. The molecule has 1 aromatic heterocycles. The van der Waals surface area contributed by atoms with E-state index in [1.54, 1.807) is 0 Å². The van der Waals surface area contributed by atoms with Crippen LogP contribution in [0.3, 0.4) is 0 Å². The molecule has 2 aromatic rings. The van der Waals surface area contributed by atoms with Gasteiger partial charge in [-0.2, -0.15) is 0 Å². The smallest absolute Gasteiger partial charge is 0.225 e. The number of nitrogens with zero attached hydrogens (tertiary/aromatic N) is 1. The van der Waals surface area contributed by atoms with Crippen LogP contribution < -0.4 is 5.32 Å². The highest BCUT2D eigenvalue weighted by molar-refractivity contribution is 6.30. The second-order valence-corrected chi connectivity index (χ2v) is 7.81. The van der Waals surface area contributed by atoms with Crippen molar-refractivity contribution in [3.05, 3.63) is 47.2 Å². The number of hydrogen-bond donors (Lipinski definition) is 1. The normalized spacial score (nSPS) is 20.4. The van der Waals surface area contributed by atoms with Crippen LogP contribution in [0.4, 0.5) is 0 Å². The molecule has 5 nitrogen and oxygen atoms in total. The standard InChI is InChI=1S/C21H23ClN2O3/c22-16-7-5-14(6-8-16)19-10-9-18(27-19)12-23-21(26)15-11-20(25)24(13-15)17-3-1-2-4-17/h5-10,15,17H,1-4,11-13H2,(H,23,26)/t15-/m0/s1. The average molecular weight is 387 g/mol. The Morgan fingerprint density at radius 3 is 2.63 bits per heavy atom. The second-order valence-electron chi connectivity index (χ2n) is 7.38. The van der Waals surface area contributed by atoms with E-state index in [0.717, 1.165) is 24.2 Å². The quantitative estimate of drug-likeness (QED) is 0.844. The molecule has 1 saturated carbocycles. The molecule has 1 aliphatic carbocycles. The van der Waals surface area contributed by atoms with Crippen LogP contribution in [-0.2, 0) is 16.1 Å². The summed E-state index contributed by atoms with van der Waals surface area (Å²) >= 11 is 5.91. The maximum atomic E-state index is 12.5. The molecule has 1 aliphatic heterocycles. The molecule has 6 heteroatoms. The minimum atomic E-state index is -0.260. The minimum absolute atomic E-state index is 0.0757. The summed E-state index contributed by atoms with van der Waals surface area (Å²) in [5.74, 6) is 1.20. The Kier molecular flexibility index (Phi) is 5.21. The van der Waals surface area contributed by atoms with Crippen LogP contribution in [0.15, 0.2) is 40.8 Å². The van der Waals surface area contributed by atoms with Gasteiger partial charge in [-0.15, -0.1) is 0 Å². The number of rotatable bonds is 5. The molecule has 4 rings (SSSR count). The molecular weight excluding hydrogens is 364 g/mol. The molecule has 0 radical (unpaired) electrons. The van der Waals surface area contributed by atoms with Crippen molar-refractivity contribution < 1.29 is 14.0 Å². The Bertz CT molecular complexity index is 824. The molecule has 0 bridgehead atoms. The Morgan fingerprint density at radius 2 is 1.89 bits per heavy atom. The van der Waals surface area contributed by atoms with Crippen LogP contribution in [0, 0.1) is 5.92 Å². The first-order chi connectivity index (χ1) is 13.1. The molecule has 27 heavy (non-hydrogen) atoms. The molecule has 0 unspecified atom stereocenters. The number of carbonyl (C=O) groups is 2. The molecule has 0 spiro atoms. The van der Waals surface area contributed by atoms with E-state index in [-0.39, 0.29) is 17.7 Å². The zero-order valence-electron chi connectivity index (χ0n) is 15.1. The number of carbonyl (C=O) groups excluding carboxylic acids is 2. The fourth-order valence-corrected chi connectivity index (χ4v) is 4.16. The van der Waals surface area contributed by atoms with Crippen LogP contribution in [0.1, 0.15) is 37.9 Å². The molecule has 2 amide bonds. The maximum Gasteiger partial charge on any atom is 0.225 e. The summed E-state index contributed by atoms with van der Waals surface area (Å²) in [6, 6.07) is 11.5. The first-order valence-electron chi connectivity index (χ1n) is 9.52. The zero-order chi connectivity index (χ0) is 18.8. The van der Waals surface area contributed by atoms with Gasteiger partial charge in [0.25, 0.3) is 0 Å². The van der Waals surface area contributed by atoms with Gasteiger partial charge >= 0.3 is 0 Å². The number of nitrogens with one attached hydrogen (secondary N) is 1. The van der Waals surface area contributed by atoms with Gasteiger partial charge in [0.1, 0.15) is 11.5 Å². The summed E-state index contributed by atoms with van der Waals surface area (Å²) in [6.07, 6.45) is 4.82. The second kappa shape index (κ2) is 7.77. The van der Waals surface area contributed by atoms with Gasteiger partial charge < -0.3 is 14.6 Å². The molecular formula is C21H23ClN2O3. The molecule has 2 heterocycles. The van der Waals surface area contributed by atoms with Gasteiger partial charge in [-0.3, -0.25) is 9.59 Å². The third-order valence-corrected chi connectivity index (χ3v) is 5.77. The molecule has 1 atom stereocenters. The van der Waals surface area contributed by atoms with E-state index in [4.69, 9.17) is 16.0 Å². The molecule has 142 valence electrons. The number of likely N-dealkylation sites (tertiary alicyclic amines) is 1. The van der Waals surface area contributed by atoms with Crippen molar-refractivity contribution in [3.8, 4) is 11.3 Å². The molecule has 1 aromatic carbocycles. The molecule has 2 fully saturated rings. The predicted octanol–water partition coefficient (Wildman–Crippen LogP) is 4.01. The topological polar surface area (TPSA) is 62.6 Å². The first-order valence-corrected chi connectivity index (χ1v) is 9.90. The SMILES string of the molecule is O=C(NCc1ccc(-c2ccc(Cl)cc2)o1)[C@H]1CC(=O)N(C2CCCC2)C1. The van der Waals surface area contributed by atoms with E-state index in [1.165, 1.54) is 12.8 Å². The lowest BCUT2D eigenvalue weighted by atomic mass is 10.1. The summed E-state index contributed by atoms with van der Waals surface area (Å²) in [4.78, 5) is 26.7. The van der Waals surface area contributed by atoms with Gasteiger partial charge in [-0.25, -0.2) is 0 Å². The monoisotopic (exact) mass is 386 g/mol. The van der Waals surface area contributed by atoms with Crippen LogP contribution in [0.2, 0.25) is 5.02 Å². The van der Waals surface area contributed by atoms with Crippen molar-refractivity contribution in [2.24, 2.45) is 5.92 Å². The van der Waals surface area contributed by atoms with E-state index >= 15 is 0 Å². The third kappa shape index (κ3) is 4.03. The summed E-state index contributed by atoms with van der Waals surface area (Å²) < 4.78 is 5.81. The Balaban J connectivity index is 1.32. The Hall–Kier alpha value is -2.27. The summed E-state index contributed by atoms with van der Waals surface area (Å²) in [7, 11) is 0. The van der Waals surface area contributed by atoms with Crippen molar-refractivity contribution in [3.63, 3.8) is 0 Å². The van der Waals surface area contributed by atoms with Crippen molar-refractivity contribution in [1.29, 1.82) is 0 Å². The lowest BCUT2D eigenvalue weighted by molar-refractivity contribution is -0.130. The summed E-state index contributed by atoms with van der Waals surface area (Å²) in [6.45, 7) is 0.865. The van der Waals surface area contributed by atoms with Crippen molar-refractivity contribution in [1.82, 2.24) is 10.2 Å². The van der Waals surface area contributed by atoms with Gasteiger partial charge in [0.2, 0.25) is 11.8 Å². The highest BCUT2D eigenvalue weighted by Gasteiger charge is 2.38. The van der Waals surface area contributed by atoms with E-state index in [1.807, 2.05) is 41.3 Å². The van der Waals surface area contributed by atoms with Crippen LogP contribution in [0.5, 0.6) is 0 Å². The number of furan rings is 1. The van der Waals surface area contributed by atoms with Crippen molar-refractivity contribution >= 4 is 23.4 Å². The Morgan fingerprint density at radius 1 is 1.15 bits per heavy atom. The number of amides is 2. The molecule has 1 saturated heterocycles. The average Bonchev–Trinajstić information content (AvgIpc) is 3.41. The van der Waals surface area contributed by atoms with Crippen LogP contribution >= 0.6 is 11.6 Å². The Labute approximate surface area is 163 Å². The first kappa shape index (κ1) is 18.1. The fraction of sp³-hybridized carbons (Fsp3) is 0.429. The summed E-state index contributed by atoms with van der Waals surface area (Å²) in [5, 5.41) is 3.59. The number of benzene rings is 1. The van der Waals surface area contributed by atoms with Crippen molar-refractivity contribution in [2.75, 3.05) is 6.54 Å². The van der Waals surface area contributed by atoms with Crippen molar-refractivity contribution in [2.45, 2.75) is 44.7 Å². The summed E-state index contributed by atoms with van der Waals surface area (Å²) in [5.41, 5.74) is 0.936. The highest BCUT2D eigenvalue weighted by Crippen LogP contribution is 2.29. The fourth-order valence-electron chi connectivity index (χ4n) is 4.04. The lowest BCUT2D eigenvalue weighted by Crippen LogP contribution is -2.36. The van der Waals surface area contributed by atoms with E-state index in [9.17, 15) is 9.59 Å². The van der Waals surface area contributed by atoms with Gasteiger partial charge in [0.15, 0.2) is 0 Å². The largest absolute Gasteiger partial charge is 0.459 e. The molecule has 2 aliphatic rings. The minimum Gasteiger partial charge on any atom is -0.459 e. The van der Waals surface area contributed by atoms with Gasteiger partial charge in [0.05, 0.1) is 12.5 Å². The van der Waals surface area contributed by atoms with Crippen LogP contribution in [0.25, 0.3) is 11.3 Å². The molecule has 1 N–H and O–H groups in total. The predicted molar refractivity (Wildman–Crippen MR) is 103 cm³/mol. The van der Waals surface area contributed by atoms with Gasteiger partial charge in [-0.1, -0.05) is 24.4 Å². The van der Waals surface area contributed by atoms with E-state index in [2.05, 4.69) is 5.32 Å². The van der Waals surface area contributed by atoms with E-state index in [0.29, 0.717) is 36.3 Å². The number of hydrogen-bond acceptors (Lipinski definition) is 3. The van der Waals surface area contributed by atoms with Gasteiger partial charge in [0, 0.05) is 29.6 Å². The maximum absolute atomic E-state index is 12.5. The number of halogens is 1. The van der Waals surface area contributed by atoms with E-state index < -0.39 is 0 Å². The van der Waals surface area contributed by atoms with Gasteiger partial charge in [-0.05, 0) is 49.2 Å².